The second-order valence-electron chi connectivity index (χ2n) is 4.12. The van der Waals surface area contributed by atoms with Crippen molar-refractivity contribution in [2.45, 2.75) is 11.3 Å². The number of nitrogens with two attached hydrogens (primary N) is 1. The SMILES string of the molecule is COCCCN(C)S(=O)(=O)c1cccc(N)c1[N+](=O)[O-]. The Labute approximate surface area is 117 Å². The zero-order chi connectivity index (χ0) is 15.3. The van der Waals surface area contributed by atoms with Gasteiger partial charge in [0.2, 0.25) is 10.0 Å². The number of hydrogen-bond acceptors (Lipinski definition) is 6. The van der Waals surface area contributed by atoms with Crippen LogP contribution >= 0.6 is 0 Å². The highest BCUT2D eigenvalue weighted by Crippen LogP contribution is 2.31. The van der Waals surface area contributed by atoms with E-state index in [1.165, 1.54) is 32.4 Å². The summed E-state index contributed by atoms with van der Waals surface area (Å²) in [6.45, 7) is 0.598. The molecule has 0 aliphatic heterocycles. The number of hydrogen-bond donors (Lipinski definition) is 1. The van der Waals surface area contributed by atoms with Gasteiger partial charge in [-0.1, -0.05) is 6.07 Å². The molecule has 0 aromatic heterocycles. The van der Waals surface area contributed by atoms with Crippen LogP contribution in [-0.2, 0) is 14.8 Å². The van der Waals surface area contributed by atoms with Crippen molar-refractivity contribution < 1.29 is 18.1 Å². The maximum absolute atomic E-state index is 12.3. The van der Waals surface area contributed by atoms with Gasteiger partial charge in [-0.15, -0.1) is 0 Å². The number of nitro benzene ring substituents is 1. The Hall–Kier alpha value is -1.71. The largest absolute Gasteiger partial charge is 0.393 e. The van der Waals surface area contributed by atoms with E-state index in [2.05, 4.69) is 0 Å². The minimum Gasteiger partial charge on any atom is -0.393 e. The summed E-state index contributed by atoms with van der Waals surface area (Å²) in [5.74, 6) is 0. The van der Waals surface area contributed by atoms with Gasteiger partial charge < -0.3 is 10.5 Å². The van der Waals surface area contributed by atoms with Crippen LogP contribution in [0.1, 0.15) is 6.42 Å². The van der Waals surface area contributed by atoms with Gasteiger partial charge in [0, 0.05) is 27.3 Å². The number of nitrogens with zero attached hydrogens (tertiary/aromatic N) is 2. The maximum atomic E-state index is 12.3. The zero-order valence-electron chi connectivity index (χ0n) is 11.3. The van der Waals surface area contributed by atoms with Gasteiger partial charge in [-0.3, -0.25) is 10.1 Å². The molecule has 0 bridgehead atoms. The molecule has 0 radical (unpaired) electrons. The average molecular weight is 303 g/mol. The molecule has 0 spiro atoms. The van der Waals surface area contributed by atoms with Crippen molar-refractivity contribution in [3.8, 4) is 0 Å². The second-order valence-corrected chi connectivity index (χ2v) is 6.14. The first kappa shape index (κ1) is 16.3. The molecule has 0 fully saturated rings. The van der Waals surface area contributed by atoms with Gasteiger partial charge in [0.15, 0.2) is 4.90 Å². The third-order valence-electron chi connectivity index (χ3n) is 2.72. The molecule has 0 atom stereocenters. The highest BCUT2D eigenvalue weighted by Gasteiger charge is 2.30. The Balaban J connectivity index is 3.16. The van der Waals surface area contributed by atoms with E-state index in [0.717, 1.165) is 4.31 Å². The van der Waals surface area contributed by atoms with Crippen LogP contribution in [0, 0.1) is 10.1 Å². The van der Waals surface area contributed by atoms with Gasteiger partial charge in [0.1, 0.15) is 5.69 Å². The topological polar surface area (TPSA) is 116 Å². The van der Waals surface area contributed by atoms with Crippen LogP contribution in [0.2, 0.25) is 0 Å². The Bertz CT molecular complexity index is 588. The highest BCUT2D eigenvalue weighted by molar-refractivity contribution is 7.89. The molecule has 0 aliphatic rings. The molecule has 2 N–H and O–H groups in total. The van der Waals surface area contributed by atoms with E-state index in [9.17, 15) is 18.5 Å². The molecule has 0 saturated heterocycles. The first-order valence-electron chi connectivity index (χ1n) is 5.80. The molecule has 1 aromatic carbocycles. The normalized spacial score (nSPS) is 11.8. The molecule has 1 rings (SSSR count). The minimum atomic E-state index is -3.96. The number of para-hydroxylation sites is 1. The lowest BCUT2D eigenvalue weighted by Gasteiger charge is -2.17. The average Bonchev–Trinajstić information content (AvgIpc) is 2.38. The molecule has 8 nitrogen and oxygen atoms in total. The number of anilines is 1. The molecular weight excluding hydrogens is 286 g/mol. The van der Waals surface area contributed by atoms with Crippen molar-refractivity contribution in [1.82, 2.24) is 4.31 Å². The third-order valence-corrected chi connectivity index (χ3v) is 4.61. The Morgan fingerprint density at radius 2 is 2.10 bits per heavy atom. The van der Waals surface area contributed by atoms with Crippen molar-refractivity contribution >= 4 is 21.4 Å². The first-order chi connectivity index (χ1) is 9.32. The zero-order valence-corrected chi connectivity index (χ0v) is 12.1. The lowest BCUT2D eigenvalue weighted by molar-refractivity contribution is -0.386. The number of rotatable bonds is 7. The van der Waals surface area contributed by atoms with Gasteiger partial charge in [0.05, 0.1) is 4.92 Å². The molecule has 112 valence electrons. The standard InChI is InChI=1S/C11H17N3O5S/c1-13(7-4-8-19-2)20(17,18)10-6-3-5-9(12)11(10)14(15)16/h3,5-6H,4,7-8,12H2,1-2H3. The predicted molar refractivity (Wildman–Crippen MR) is 73.8 cm³/mol. The van der Waals surface area contributed by atoms with Crippen LogP contribution < -0.4 is 5.73 Å². The minimum absolute atomic E-state index is 0.179. The van der Waals surface area contributed by atoms with Crippen molar-refractivity contribution in [2.75, 3.05) is 33.0 Å². The fraction of sp³-hybridized carbons (Fsp3) is 0.455. The van der Waals surface area contributed by atoms with Crippen molar-refractivity contribution in [3.05, 3.63) is 28.3 Å². The maximum Gasteiger partial charge on any atom is 0.312 e. The van der Waals surface area contributed by atoms with E-state index < -0.39 is 25.5 Å². The third kappa shape index (κ3) is 3.44. The van der Waals surface area contributed by atoms with Gasteiger partial charge in [-0.05, 0) is 18.6 Å². The Kier molecular flexibility index (Phi) is 5.43. The van der Waals surface area contributed by atoms with Crippen molar-refractivity contribution in [2.24, 2.45) is 0 Å². The number of nitrogen functional groups attached to an aromatic ring is 1. The summed E-state index contributed by atoms with van der Waals surface area (Å²) in [5, 5.41) is 11.0. The van der Waals surface area contributed by atoms with Crippen LogP contribution in [0.5, 0.6) is 0 Å². The number of ether oxygens (including phenoxy) is 1. The highest BCUT2D eigenvalue weighted by atomic mass is 32.2. The fourth-order valence-electron chi connectivity index (χ4n) is 1.66. The number of methoxy groups -OCH3 is 1. The molecule has 0 aliphatic carbocycles. The summed E-state index contributed by atoms with van der Waals surface area (Å²) < 4.78 is 30.5. The van der Waals surface area contributed by atoms with E-state index in [1.54, 1.807) is 0 Å². The van der Waals surface area contributed by atoms with E-state index in [0.29, 0.717) is 13.0 Å². The van der Waals surface area contributed by atoms with E-state index in [4.69, 9.17) is 10.5 Å². The molecule has 0 heterocycles. The fourth-order valence-corrected chi connectivity index (χ4v) is 3.05. The molecule has 1 aromatic rings. The first-order valence-corrected chi connectivity index (χ1v) is 7.24. The summed E-state index contributed by atoms with van der Waals surface area (Å²) in [6, 6.07) is 3.84. The summed E-state index contributed by atoms with van der Waals surface area (Å²) in [5.41, 5.74) is 4.73. The number of sulfonamides is 1. The van der Waals surface area contributed by atoms with Crippen LogP contribution in [0.15, 0.2) is 23.1 Å². The summed E-state index contributed by atoms with van der Waals surface area (Å²) in [4.78, 5) is 9.81. The second kappa shape index (κ2) is 6.64. The lowest BCUT2D eigenvalue weighted by atomic mass is 10.3. The van der Waals surface area contributed by atoms with Gasteiger partial charge in [0.25, 0.3) is 0 Å². The molecular formula is C11H17N3O5S. The Morgan fingerprint density at radius 3 is 2.65 bits per heavy atom. The predicted octanol–water partition coefficient (Wildman–Crippen LogP) is 0.834. The molecule has 0 saturated carbocycles. The molecule has 9 heteroatoms. The van der Waals surface area contributed by atoms with Crippen LogP contribution in [-0.4, -0.2) is 45.0 Å². The molecule has 0 amide bonds. The smallest absolute Gasteiger partial charge is 0.312 e. The molecule has 20 heavy (non-hydrogen) atoms. The summed E-state index contributed by atoms with van der Waals surface area (Å²) in [7, 11) is -1.09. The summed E-state index contributed by atoms with van der Waals surface area (Å²) in [6.07, 6.45) is 0.488. The molecule has 0 unspecified atom stereocenters. The van der Waals surface area contributed by atoms with Crippen LogP contribution in [0.4, 0.5) is 11.4 Å². The Morgan fingerprint density at radius 1 is 1.45 bits per heavy atom. The van der Waals surface area contributed by atoms with Crippen LogP contribution in [0.3, 0.4) is 0 Å². The van der Waals surface area contributed by atoms with E-state index in [-0.39, 0.29) is 12.2 Å². The lowest BCUT2D eigenvalue weighted by Crippen LogP contribution is -2.29. The van der Waals surface area contributed by atoms with Crippen molar-refractivity contribution in [1.29, 1.82) is 0 Å². The van der Waals surface area contributed by atoms with Crippen LogP contribution in [0.25, 0.3) is 0 Å². The van der Waals surface area contributed by atoms with E-state index in [1.807, 2.05) is 0 Å². The number of nitro groups is 1. The van der Waals surface area contributed by atoms with Crippen molar-refractivity contribution in [3.63, 3.8) is 0 Å². The quantitative estimate of drug-likeness (QED) is 0.345. The number of benzene rings is 1. The van der Waals surface area contributed by atoms with Gasteiger partial charge >= 0.3 is 5.69 Å². The monoisotopic (exact) mass is 303 g/mol. The van der Waals surface area contributed by atoms with E-state index >= 15 is 0 Å². The summed E-state index contributed by atoms with van der Waals surface area (Å²) >= 11 is 0. The van der Waals surface area contributed by atoms with Gasteiger partial charge in [-0.25, -0.2) is 12.7 Å². The van der Waals surface area contributed by atoms with Gasteiger partial charge in [-0.2, -0.15) is 0 Å².